The number of hydrogen-bond acceptors (Lipinski definition) is 6. The van der Waals surface area contributed by atoms with Crippen LogP contribution in [0.2, 0.25) is 0 Å². The van der Waals surface area contributed by atoms with Crippen molar-refractivity contribution in [1.82, 2.24) is 4.98 Å². The van der Waals surface area contributed by atoms with Crippen LogP contribution in [0.3, 0.4) is 0 Å². The second-order valence-electron chi connectivity index (χ2n) is 6.62. The number of aromatic nitrogens is 1. The number of fused-ring (bicyclic) bond motifs is 1. The molecule has 0 unspecified atom stereocenters. The Bertz CT molecular complexity index is 1100. The number of thiazole rings is 1. The molecule has 29 heavy (non-hydrogen) atoms. The van der Waals surface area contributed by atoms with Crippen LogP contribution in [-0.2, 0) is 21.1 Å². The van der Waals surface area contributed by atoms with Gasteiger partial charge < -0.3 is 10.2 Å². The number of hydrogen-bond donors (Lipinski definition) is 1. The maximum atomic E-state index is 12.4. The fourth-order valence-electron chi connectivity index (χ4n) is 3.08. The molecule has 0 fully saturated rings. The molecule has 0 bridgehead atoms. The molecule has 3 aromatic rings. The summed E-state index contributed by atoms with van der Waals surface area (Å²) >= 11 is 1.44. The van der Waals surface area contributed by atoms with E-state index in [9.17, 15) is 13.2 Å². The molecule has 6 nitrogen and oxygen atoms in total. The van der Waals surface area contributed by atoms with Crippen LogP contribution in [0.4, 0.5) is 10.8 Å². The average molecular weight is 432 g/mol. The van der Waals surface area contributed by atoms with E-state index in [-0.39, 0.29) is 23.0 Å². The number of carbonyl (C=O) groups excluding carboxylic acids is 1. The summed E-state index contributed by atoms with van der Waals surface area (Å²) in [5.74, 6) is -0.125. The first-order valence-corrected chi connectivity index (χ1v) is 12.1. The van der Waals surface area contributed by atoms with Gasteiger partial charge in [0.1, 0.15) is 0 Å². The van der Waals surface area contributed by atoms with E-state index in [1.165, 1.54) is 11.3 Å². The molecule has 3 rings (SSSR count). The van der Waals surface area contributed by atoms with E-state index in [4.69, 9.17) is 0 Å². The Morgan fingerprint density at radius 2 is 1.76 bits per heavy atom. The molecule has 8 heteroatoms. The zero-order chi connectivity index (χ0) is 21.0. The molecule has 1 N–H and O–H groups in total. The van der Waals surface area contributed by atoms with Crippen molar-refractivity contribution >= 4 is 48.1 Å². The summed E-state index contributed by atoms with van der Waals surface area (Å²) in [6.07, 6.45) is 0.160. The molecule has 1 amide bonds. The first-order valence-electron chi connectivity index (χ1n) is 9.63. The quantitative estimate of drug-likeness (QED) is 0.580. The minimum atomic E-state index is -3.23. The third-order valence-electron chi connectivity index (χ3n) is 4.77. The number of nitrogens with one attached hydrogen (secondary N) is 1. The van der Waals surface area contributed by atoms with Crippen LogP contribution in [0.25, 0.3) is 10.2 Å². The number of benzene rings is 2. The third kappa shape index (κ3) is 4.94. The van der Waals surface area contributed by atoms with Gasteiger partial charge >= 0.3 is 0 Å². The summed E-state index contributed by atoms with van der Waals surface area (Å²) in [7, 11) is -3.23. The molecule has 0 saturated carbocycles. The van der Waals surface area contributed by atoms with Crippen LogP contribution in [0.15, 0.2) is 47.4 Å². The third-order valence-corrected chi connectivity index (χ3v) is 7.48. The summed E-state index contributed by atoms with van der Waals surface area (Å²) in [6, 6.07) is 12.6. The van der Waals surface area contributed by atoms with Crippen molar-refractivity contribution in [2.45, 2.75) is 32.1 Å². The Labute approximate surface area is 175 Å². The molecular weight excluding hydrogens is 406 g/mol. The molecule has 154 valence electrons. The van der Waals surface area contributed by atoms with Crippen molar-refractivity contribution in [3.63, 3.8) is 0 Å². The lowest BCUT2D eigenvalue weighted by Gasteiger charge is -2.20. The van der Waals surface area contributed by atoms with Gasteiger partial charge in [0.2, 0.25) is 5.91 Å². The maximum absolute atomic E-state index is 12.4. The smallest absolute Gasteiger partial charge is 0.230 e. The molecular formula is C21H25N3O3S2. The van der Waals surface area contributed by atoms with Gasteiger partial charge in [0.15, 0.2) is 15.0 Å². The second kappa shape index (κ2) is 8.92. The van der Waals surface area contributed by atoms with Gasteiger partial charge in [-0.25, -0.2) is 13.4 Å². The van der Waals surface area contributed by atoms with E-state index < -0.39 is 9.84 Å². The Hall–Kier alpha value is -2.45. The molecule has 2 aromatic carbocycles. The topological polar surface area (TPSA) is 79.4 Å². The minimum absolute atomic E-state index is 0.0560. The lowest BCUT2D eigenvalue weighted by molar-refractivity contribution is -0.115. The van der Waals surface area contributed by atoms with Crippen LogP contribution in [0.1, 0.15) is 26.3 Å². The first-order chi connectivity index (χ1) is 13.9. The van der Waals surface area contributed by atoms with Crippen LogP contribution < -0.4 is 10.2 Å². The molecule has 0 aliphatic heterocycles. The van der Waals surface area contributed by atoms with Crippen molar-refractivity contribution in [2.24, 2.45) is 0 Å². The zero-order valence-electron chi connectivity index (χ0n) is 16.8. The van der Waals surface area contributed by atoms with Gasteiger partial charge in [-0.1, -0.05) is 30.4 Å². The standard InChI is InChI=1S/C21H25N3O3S2/c1-4-24(5-2)16-9-12-19-18(14-16)22-21(28-19)23-20(25)13-15-7-10-17(11-8-15)29(26,27)6-3/h7-12,14H,4-6,13H2,1-3H3,(H,22,23,25). The largest absolute Gasteiger partial charge is 0.372 e. The van der Waals surface area contributed by atoms with Crippen LogP contribution in [-0.4, -0.2) is 38.2 Å². The van der Waals surface area contributed by atoms with Gasteiger partial charge in [0, 0.05) is 18.8 Å². The van der Waals surface area contributed by atoms with Crippen LogP contribution in [0, 0.1) is 0 Å². The highest BCUT2D eigenvalue weighted by molar-refractivity contribution is 7.91. The highest BCUT2D eigenvalue weighted by Gasteiger charge is 2.13. The summed E-state index contributed by atoms with van der Waals surface area (Å²) in [4.78, 5) is 19.5. The van der Waals surface area contributed by atoms with Crippen molar-refractivity contribution in [2.75, 3.05) is 29.1 Å². The van der Waals surface area contributed by atoms with Crippen molar-refractivity contribution in [1.29, 1.82) is 0 Å². The molecule has 0 atom stereocenters. The van der Waals surface area contributed by atoms with Gasteiger partial charge in [-0.15, -0.1) is 0 Å². The summed E-state index contributed by atoms with van der Waals surface area (Å²) in [5.41, 5.74) is 2.74. The highest BCUT2D eigenvalue weighted by atomic mass is 32.2. The van der Waals surface area contributed by atoms with Crippen molar-refractivity contribution in [3.05, 3.63) is 48.0 Å². The van der Waals surface area contributed by atoms with E-state index in [0.717, 1.165) is 34.6 Å². The molecule has 0 spiro atoms. The van der Waals surface area contributed by atoms with E-state index in [0.29, 0.717) is 5.13 Å². The summed E-state index contributed by atoms with van der Waals surface area (Å²) in [6.45, 7) is 7.69. The first kappa shape index (κ1) is 21.3. The Morgan fingerprint density at radius 3 is 2.38 bits per heavy atom. The Morgan fingerprint density at radius 1 is 1.07 bits per heavy atom. The summed E-state index contributed by atoms with van der Waals surface area (Å²) < 4.78 is 24.8. The molecule has 1 heterocycles. The maximum Gasteiger partial charge on any atom is 0.230 e. The van der Waals surface area contributed by atoms with Crippen molar-refractivity contribution < 1.29 is 13.2 Å². The molecule has 0 saturated heterocycles. The predicted molar refractivity (Wildman–Crippen MR) is 120 cm³/mol. The fourth-order valence-corrected chi connectivity index (χ4v) is 4.83. The SMILES string of the molecule is CCN(CC)c1ccc2sc(NC(=O)Cc3ccc(S(=O)(=O)CC)cc3)nc2c1. The second-order valence-corrected chi connectivity index (χ2v) is 9.92. The van der Waals surface area contributed by atoms with Crippen LogP contribution >= 0.6 is 11.3 Å². The van der Waals surface area contributed by atoms with E-state index in [2.05, 4.69) is 35.1 Å². The number of carbonyl (C=O) groups is 1. The zero-order valence-corrected chi connectivity index (χ0v) is 18.4. The van der Waals surface area contributed by atoms with Gasteiger partial charge in [-0.2, -0.15) is 0 Å². The molecule has 0 radical (unpaired) electrons. The Balaban J connectivity index is 1.69. The number of rotatable bonds is 8. The Kier molecular flexibility index (Phi) is 6.54. The van der Waals surface area contributed by atoms with Gasteiger partial charge in [-0.05, 0) is 49.7 Å². The van der Waals surface area contributed by atoms with Gasteiger partial charge in [-0.3, -0.25) is 4.79 Å². The molecule has 1 aromatic heterocycles. The number of anilines is 2. The van der Waals surface area contributed by atoms with E-state index >= 15 is 0 Å². The highest BCUT2D eigenvalue weighted by Crippen LogP contribution is 2.29. The lowest BCUT2D eigenvalue weighted by Crippen LogP contribution is -2.21. The van der Waals surface area contributed by atoms with Gasteiger partial charge in [0.05, 0.1) is 27.3 Å². The molecule has 0 aliphatic carbocycles. The average Bonchev–Trinajstić information content (AvgIpc) is 3.10. The fraction of sp³-hybridized carbons (Fsp3) is 0.333. The molecule has 0 aliphatic rings. The lowest BCUT2D eigenvalue weighted by atomic mass is 10.1. The van der Waals surface area contributed by atoms with E-state index in [1.807, 2.05) is 12.1 Å². The van der Waals surface area contributed by atoms with Crippen molar-refractivity contribution in [3.8, 4) is 0 Å². The normalized spacial score (nSPS) is 11.6. The van der Waals surface area contributed by atoms with Crippen LogP contribution in [0.5, 0.6) is 0 Å². The predicted octanol–water partition coefficient (Wildman–Crippen LogP) is 4.12. The monoisotopic (exact) mass is 431 g/mol. The van der Waals surface area contributed by atoms with E-state index in [1.54, 1.807) is 31.2 Å². The number of amides is 1. The summed E-state index contributed by atoms with van der Waals surface area (Å²) in [5, 5.41) is 3.41. The number of nitrogens with zero attached hydrogens (tertiary/aromatic N) is 2. The minimum Gasteiger partial charge on any atom is -0.372 e. The number of sulfone groups is 1. The van der Waals surface area contributed by atoms with Gasteiger partial charge in [0.25, 0.3) is 0 Å².